The lowest BCUT2D eigenvalue weighted by Gasteiger charge is -2.18. The average Bonchev–Trinajstić information content (AvgIpc) is 2.29. The molecule has 2 N–H and O–H groups in total. The summed E-state index contributed by atoms with van der Waals surface area (Å²) < 4.78 is 0. The molecule has 0 aliphatic heterocycles. The highest BCUT2D eigenvalue weighted by atomic mass is 16.2. The van der Waals surface area contributed by atoms with E-state index in [0.29, 0.717) is 12.5 Å². The first-order valence-corrected chi connectivity index (χ1v) is 6.51. The summed E-state index contributed by atoms with van der Waals surface area (Å²) in [5.74, 6) is 0.465. The van der Waals surface area contributed by atoms with Gasteiger partial charge in [0, 0.05) is 6.54 Å². The summed E-state index contributed by atoms with van der Waals surface area (Å²) in [7, 11) is 0. The van der Waals surface area contributed by atoms with Gasteiger partial charge in [-0.15, -0.1) is 0 Å². The molecule has 0 heterocycles. The maximum atomic E-state index is 11.7. The van der Waals surface area contributed by atoms with Crippen LogP contribution in [-0.2, 0) is 0 Å². The molecule has 3 nitrogen and oxygen atoms in total. The second-order valence-corrected chi connectivity index (χ2v) is 5.33. The molecule has 0 aliphatic rings. The number of nitrogens with one attached hydrogen (secondary N) is 2. The maximum Gasteiger partial charge on any atom is 0.315 e. The third-order valence-electron chi connectivity index (χ3n) is 2.92. The Balaban J connectivity index is 2.62. The van der Waals surface area contributed by atoms with Crippen LogP contribution >= 0.6 is 0 Å². The summed E-state index contributed by atoms with van der Waals surface area (Å²) in [5, 5.41) is 5.84. The number of hydrogen-bond donors (Lipinski definition) is 2. The van der Waals surface area contributed by atoms with Crippen molar-refractivity contribution in [3.05, 3.63) is 34.9 Å². The molecule has 0 aliphatic carbocycles. The Morgan fingerprint density at radius 1 is 1.22 bits per heavy atom. The first kappa shape index (κ1) is 14.6. The fourth-order valence-corrected chi connectivity index (χ4v) is 1.85. The van der Waals surface area contributed by atoms with Crippen LogP contribution in [0.5, 0.6) is 0 Å². The van der Waals surface area contributed by atoms with Gasteiger partial charge in [0.2, 0.25) is 0 Å². The number of amides is 2. The molecule has 1 aromatic carbocycles. The van der Waals surface area contributed by atoms with Crippen molar-refractivity contribution in [1.29, 1.82) is 0 Å². The molecule has 100 valence electrons. The van der Waals surface area contributed by atoms with Gasteiger partial charge < -0.3 is 10.6 Å². The fraction of sp³-hybridized carbons (Fsp3) is 0.533. The van der Waals surface area contributed by atoms with E-state index in [4.69, 9.17) is 0 Å². The van der Waals surface area contributed by atoms with Gasteiger partial charge in [0.15, 0.2) is 0 Å². The number of urea groups is 1. The van der Waals surface area contributed by atoms with E-state index in [0.717, 1.165) is 0 Å². The second kappa shape index (κ2) is 6.43. The van der Waals surface area contributed by atoms with Crippen LogP contribution in [0.15, 0.2) is 18.2 Å². The summed E-state index contributed by atoms with van der Waals surface area (Å²) in [6.07, 6.45) is 0. The number of aryl methyl sites for hydroxylation is 2. The predicted molar refractivity (Wildman–Crippen MR) is 75.7 cm³/mol. The molecular formula is C15H24N2O. The monoisotopic (exact) mass is 248 g/mol. The molecule has 2 amide bonds. The van der Waals surface area contributed by atoms with E-state index in [1.165, 1.54) is 16.7 Å². The smallest absolute Gasteiger partial charge is 0.315 e. The zero-order valence-corrected chi connectivity index (χ0v) is 12.0. The van der Waals surface area contributed by atoms with E-state index in [1.807, 2.05) is 6.92 Å². The van der Waals surface area contributed by atoms with Gasteiger partial charge in [0.1, 0.15) is 0 Å². The summed E-state index contributed by atoms with van der Waals surface area (Å²) >= 11 is 0. The maximum absolute atomic E-state index is 11.7. The lowest BCUT2D eigenvalue weighted by Crippen LogP contribution is -2.38. The highest BCUT2D eigenvalue weighted by molar-refractivity contribution is 5.74. The van der Waals surface area contributed by atoms with Gasteiger partial charge in [-0.1, -0.05) is 37.6 Å². The first-order valence-electron chi connectivity index (χ1n) is 6.51. The van der Waals surface area contributed by atoms with Gasteiger partial charge in [-0.3, -0.25) is 0 Å². The molecule has 0 bridgehead atoms. The second-order valence-electron chi connectivity index (χ2n) is 5.33. The van der Waals surface area contributed by atoms with Crippen LogP contribution in [0.3, 0.4) is 0 Å². The SMILES string of the molecule is Cc1ccc(C)c(C(C)NC(=O)NCC(C)C)c1. The fourth-order valence-electron chi connectivity index (χ4n) is 1.85. The number of benzene rings is 1. The van der Waals surface area contributed by atoms with Gasteiger partial charge in [-0.25, -0.2) is 4.79 Å². The van der Waals surface area contributed by atoms with E-state index >= 15 is 0 Å². The number of hydrogen-bond acceptors (Lipinski definition) is 1. The van der Waals surface area contributed by atoms with Crippen LogP contribution in [0.4, 0.5) is 4.79 Å². The number of carbonyl (C=O) groups is 1. The van der Waals surface area contributed by atoms with Crippen molar-refractivity contribution in [2.24, 2.45) is 5.92 Å². The van der Waals surface area contributed by atoms with E-state index in [1.54, 1.807) is 0 Å². The van der Waals surface area contributed by atoms with Gasteiger partial charge in [0.25, 0.3) is 0 Å². The van der Waals surface area contributed by atoms with Crippen LogP contribution in [0, 0.1) is 19.8 Å². The van der Waals surface area contributed by atoms with Crippen LogP contribution in [-0.4, -0.2) is 12.6 Å². The zero-order chi connectivity index (χ0) is 13.7. The van der Waals surface area contributed by atoms with Crippen molar-refractivity contribution >= 4 is 6.03 Å². The molecule has 1 atom stereocenters. The molecule has 3 heteroatoms. The standard InChI is InChI=1S/C15H24N2O/c1-10(2)9-16-15(18)17-13(5)14-8-11(3)6-7-12(14)4/h6-8,10,13H,9H2,1-5H3,(H2,16,17,18). The van der Waals surface area contributed by atoms with Gasteiger partial charge in [-0.05, 0) is 37.8 Å². The Bertz CT molecular complexity index is 413. The molecule has 0 fully saturated rings. The topological polar surface area (TPSA) is 41.1 Å². The highest BCUT2D eigenvalue weighted by Crippen LogP contribution is 2.18. The van der Waals surface area contributed by atoms with E-state index in [9.17, 15) is 4.79 Å². The Hall–Kier alpha value is -1.51. The van der Waals surface area contributed by atoms with Crippen molar-refractivity contribution in [3.8, 4) is 0 Å². The normalized spacial score (nSPS) is 12.3. The summed E-state index contributed by atoms with van der Waals surface area (Å²) in [4.78, 5) is 11.7. The van der Waals surface area contributed by atoms with Crippen LogP contribution in [0.2, 0.25) is 0 Å². The van der Waals surface area contributed by atoms with Crippen molar-refractivity contribution in [3.63, 3.8) is 0 Å². The van der Waals surface area contributed by atoms with Crippen molar-refractivity contribution in [1.82, 2.24) is 10.6 Å². The minimum atomic E-state index is -0.0999. The third kappa shape index (κ3) is 4.40. The minimum Gasteiger partial charge on any atom is -0.338 e. The molecule has 0 saturated heterocycles. The van der Waals surface area contributed by atoms with Gasteiger partial charge in [0.05, 0.1) is 6.04 Å². The van der Waals surface area contributed by atoms with E-state index in [-0.39, 0.29) is 12.1 Å². The lowest BCUT2D eigenvalue weighted by atomic mass is 10.0. The minimum absolute atomic E-state index is 0.0251. The molecule has 18 heavy (non-hydrogen) atoms. The molecule has 0 spiro atoms. The number of rotatable bonds is 4. The molecule has 1 aromatic rings. The summed E-state index contributed by atoms with van der Waals surface area (Å²) in [5.41, 5.74) is 3.60. The van der Waals surface area contributed by atoms with Crippen molar-refractivity contribution < 1.29 is 4.79 Å². The Morgan fingerprint density at radius 3 is 2.50 bits per heavy atom. The van der Waals surface area contributed by atoms with E-state index < -0.39 is 0 Å². The Labute approximate surface area is 110 Å². The molecule has 0 radical (unpaired) electrons. The largest absolute Gasteiger partial charge is 0.338 e. The van der Waals surface area contributed by atoms with Crippen LogP contribution in [0.1, 0.15) is 43.5 Å². The quantitative estimate of drug-likeness (QED) is 0.843. The van der Waals surface area contributed by atoms with Crippen LogP contribution in [0.25, 0.3) is 0 Å². The van der Waals surface area contributed by atoms with Crippen LogP contribution < -0.4 is 10.6 Å². The third-order valence-corrected chi connectivity index (χ3v) is 2.92. The average molecular weight is 248 g/mol. The zero-order valence-electron chi connectivity index (χ0n) is 12.0. The van der Waals surface area contributed by atoms with Gasteiger partial charge >= 0.3 is 6.03 Å². The molecular weight excluding hydrogens is 224 g/mol. The lowest BCUT2D eigenvalue weighted by molar-refractivity contribution is 0.236. The Kier molecular flexibility index (Phi) is 5.20. The molecule has 1 unspecified atom stereocenters. The molecule has 1 rings (SSSR count). The van der Waals surface area contributed by atoms with Crippen molar-refractivity contribution in [2.45, 2.75) is 40.7 Å². The summed E-state index contributed by atoms with van der Waals surface area (Å²) in [6.45, 7) is 11.0. The molecule has 0 aromatic heterocycles. The van der Waals surface area contributed by atoms with Gasteiger partial charge in [-0.2, -0.15) is 0 Å². The predicted octanol–water partition coefficient (Wildman–Crippen LogP) is 3.32. The number of carbonyl (C=O) groups excluding carboxylic acids is 1. The summed E-state index contributed by atoms with van der Waals surface area (Å²) in [6, 6.07) is 6.23. The highest BCUT2D eigenvalue weighted by Gasteiger charge is 2.11. The Morgan fingerprint density at radius 2 is 1.89 bits per heavy atom. The van der Waals surface area contributed by atoms with Crippen molar-refractivity contribution in [2.75, 3.05) is 6.54 Å². The molecule has 0 saturated carbocycles. The van der Waals surface area contributed by atoms with E-state index in [2.05, 4.69) is 56.5 Å². The first-order chi connectivity index (χ1) is 8.40.